The van der Waals surface area contributed by atoms with Crippen molar-refractivity contribution in [1.82, 2.24) is 9.62 Å². The molecule has 2 heterocycles. The van der Waals surface area contributed by atoms with E-state index in [-0.39, 0.29) is 16.7 Å². The molecule has 120 valence electrons. The zero-order chi connectivity index (χ0) is 15.7. The summed E-state index contributed by atoms with van der Waals surface area (Å²) in [6.07, 6.45) is 4.34. The van der Waals surface area contributed by atoms with E-state index < -0.39 is 10.0 Å². The predicted molar refractivity (Wildman–Crippen MR) is 86.1 cm³/mol. The Kier molecular flexibility index (Phi) is 4.38. The van der Waals surface area contributed by atoms with Gasteiger partial charge in [0.25, 0.3) is 10.0 Å². The SMILES string of the molecule is CC1=CC[C@@H]2CN(C(=O)CNS(=O)(=O)c3cccs3)C[C@@H]2C1. The minimum atomic E-state index is -3.57. The minimum Gasteiger partial charge on any atom is -0.341 e. The molecule has 3 rings (SSSR count). The van der Waals surface area contributed by atoms with Crippen LogP contribution in [0.25, 0.3) is 0 Å². The highest BCUT2D eigenvalue weighted by Crippen LogP contribution is 2.35. The molecular formula is C15H20N2O3S2. The molecule has 0 spiro atoms. The number of fused-ring (bicyclic) bond motifs is 1. The van der Waals surface area contributed by atoms with Crippen LogP contribution in [0, 0.1) is 11.8 Å². The molecule has 1 aliphatic carbocycles. The number of amides is 1. The Labute approximate surface area is 135 Å². The zero-order valence-electron chi connectivity index (χ0n) is 12.5. The maximum absolute atomic E-state index is 12.3. The molecule has 2 aliphatic rings. The van der Waals surface area contributed by atoms with Gasteiger partial charge in [0.2, 0.25) is 5.91 Å². The fourth-order valence-corrected chi connectivity index (χ4v) is 5.26. The highest BCUT2D eigenvalue weighted by molar-refractivity contribution is 7.91. The van der Waals surface area contributed by atoms with Gasteiger partial charge in [0.05, 0.1) is 6.54 Å². The van der Waals surface area contributed by atoms with Crippen molar-refractivity contribution in [2.75, 3.05) is 19.6 Å². The van der Waals surface area contributed by atoms with Crippen LogP contribution in [0.5, 0.6) is 0 Å². The molecule has 0 bridgehead atoms. The van der Waals surface area contributed by atoms with Gasteiger partial charge in [-0.25, -0.2) is 13.1 Å². The van der Waals surface area contributed by atoms with E-state index in [2.05, 4.69) is 17.7 Å². The first-order chi connectivity index (χ1) is 10.5. The largest absolute Gasteiger partial charge is 0.341 e. The van der Waals surface area contributed by atoms with Crippen molar-refractivity contribution in [3.05, 3.63) is 29.2 Å². The molecule has 0 unspecified atom stereocenters. The van der Waals surface area contributed by atoms with Crippen molar-refractivity contribution in [3.8, 4) is 0 Å². The lowest BCUT2D eigenvalue weighted by atomic mass is 9.83. The molecule has 1 aromatic heterocycles. The zero-order valence-corrected chi connectivity index (χ0v) is 14.1. The van der Waals surface area contributed by atoms with Crippen LogP contribution in [0.2, 0.25) is 0 Å². The monoisotopic (exact) mass is 340 g/mol. The maximum Gasteiger partial charge on any atom is 0.250 e. The molecule has 1 aromatic rings. The van der Waals surface area contributed by atoms with Gasteiger partial charge in [-0.15, -0.1) is 11.3 Å². The molecule has 1 aliphatic heterocycles. The summed E-state index contributed by atoms with van der Waals surface area (Å²) in [6.45, 7) is 3.46. The quantitative estimate of drug-likeness (QED) is 0.851. The normalized spacial score (nSPS) is 25.0. The van der Waals surface area contributed by atoms with Crippen LogP contribution >= 0.6 is 11.3 Å². The fourth-order valence-electron chi connectivity index (χ4n) is 3.25. The second-order valence-electron chi connectivity index (χ2n) is 6.07. The molecule has 1 amide bonds. The highest BCUT2D eigenvalue weighted by atomic mass is 32.2. The smallest absolute Gasteiger partial charge is 0.250 e. The van der Waals surface area contributed by atoms with Crippen molar-refractivity contribution in [1.29, 1.82) is 0 Å². The number of allylic oxidation sites excluding steroid dienone is 2. The van der Waals surface area contributed by atoms with Gasteiger partial charge in [-0.2, -0.15) is 0 Å². The summed E-state index contributed by atoms with van der Waals surface area (Å²) < 4.78 is 26.7. The lowest BCUT2D eigenvalue weighted by Gasteiger charge is -2.21. The number of rotatable bonds is 4. The third-order valence-corrected chi connectivity index (χ3v) is 7.25. The second-order valence-corrected chi connectivity index (χ2v) is 9.01. The van der Waals surface area contributed by atoms with E-state index in [1.807, 2.05) is 0 Å². The molecule has 2 atom stereocenters. The Morgan fingerprint density at radius 2 is 2.18 bits per heavy atom. The van der Waals surface area contributed by atoms with Gasteiger partial charge in [-0.1, -0.05) is 17.7 Å². The third-order valence-electron chi connectivity index (χ3n) is 4.46. The number of nitrogens with zero attached hydrogens (tertiary/aromatic N) is 1. The Morgan fingerprint density at radius 1 is 1.41 bits per heavy atom. The first-order valence-electron chi connectivity index (χ1n) is 7.42. The van der Waals surface area contributed by atoms with Crippen LogP contribution < -0.4 is 4.72 Å². The minimum absolute atomic E-state index is 0.132. The highest BCUT2D eigenvalue weighted by Gasteiger charge is 2.36. The van der Waals surface area contributed by atoms with E-state index in [1.54, 1.807) is 16.3 Å². The van der Waals surface area contributed by atoms with E-state index >= 15 is 0 Å². The maximum atomic E-state index is 12.3. The van der Waals surface area contributed by atoms with Gasteiger partial charge in [0.15, 0.2) is 0 Å². The van der Waals surface area contributed by atoms with Crippen LogP contribution in [0.3, 0.4) is 0 Å². The fraction of sp³-hybridized carbons (Fsp3) is 0.533. The summed E-state index contributed by atoms with van der Waals surface area (Å²) in [5, 5.41) is 1.71. The number of hydrogen-bond acceptors (Lipinski definition) is 4. The number of nitrogens with one attached hydrogen (secondary N) is 1. The van der Waals surface area contributed by atoms with Gasteiger partial charge in [-0.05, 0) is 43.0 Å². The van der Waals surface area contributed by atoms with Crippen LogP contribution in [-0.4, -0.2) is 38.9 Å². The van der Waals surface area contributed by atoms with Crippen molar-refractivity contribution in [3.63, 3.8) is 0 Å². The van der Waals surface area contributed by atoms with Crippen molar-refractivity contribution >= 4 is 27.3 Å². The van der Waals surface area contributed by atoms with E-state index in [0.717, 1.165) is 37.3 Å². The molecule has 1 N–H and O–H groups in total. The van der Waals surface area contributed by atoms with Gasteiger partial charge in [0.1, 0.15) is 4.21 Å². The van der Waals surface area contributed by atoms with Gasteiger partial charge < -0.3 is 4.90 Å². The van der Waals surface area contributed by atoms with Gasteiger partial charge in [-0.3, -0.25) is 4.79 Å². The summed E-state index contributed by atoms with van der Waals surface area (Å²) in [5.41, 5.74) is 1.40. The first-order valence-corrected chi connectivity index (χ1v) is 9.78. The van der Waals surface area contributed by atoms with E-state index in [0.29, 0.717) is 11.8 Å². The molecule has 7 heteroatoms. The van der Waals surface area contributed by atoms with Crippen molar-refractivity contribution in [2.45, 2.75) is 24.0 Å². The Balaban J connectivity index is 1.56. The molecule has 0 aromatic carbocycles. The van der Waals surface area contributed by atoms with Crippen LogP contribution in [0.1, 0.15) is 19.8 Å². The van der Waals surface area contributed by atoms with Gasteiger partial charge >= 0.3 is 0 Å². The van der Waals surface area contributed by atoms with E-state index in [9.17, 15) is 13.2 Å². The van der Waals surface area contributed by atoms with Crippen LogP contribution in [-0.2, 0) is 14.8 Å². The van der Waals surface area contributed by atoms with Crippen molar-refractivity contribution < 1.29 is 13.2 Å². The average Bonchev–Trinajstić information content (AvgIpc) is 3.13. The Bertz CT molecular complexity index is 680. The molecule has 1 saturated heterocycles. The Morgan fingerprint density at radius 3 is 2.91 bits per heavy atom. The second kappa shape index (κ2) is 6.14. The predicted octanol–water partition coefficient (Wildman–Crippen LogP) is 1.84. The van der Waals surface area contributed by atoms with Crippen molar-refractivity contribution in [2.24, 2.45) is 11.8 Å². The van der Waals surface area contributed by atoms with E-state index in [1.165, 1.54) is 11.6 Å². The number of likely N-dealkylation sites (tertiary alicyclic amines) is 1. The molecule has 0 saturated carbocycles. The average molecular weight is 340 g/mol. The summed E-state index contributed by atoms with van der Waals surface area (Å²) in [7, 11) is -3.57. The number of sulfonamides is 1. The summed E-state index contributed by atoms with van der Waals surface area (Å²) >= 11 is 1.15. The molecule has 1 fully saturated rings. The summed E-state index contributed by atoms with van der Waals surface area (Å²) in [6, 6.07) is 3.22. The number of carbonyl (C=O) groups excluding carboxylic acids is 1. The lowest BCUT2D eigenvalue weighted by molar-refractivity contribution is -0.129. The summed E-state index contributed by atoms with van der Waals surface area (Å²) in [4.78, 5) is 14.1. The molecule has 0 radical (unpaired) electrons. The third kappa shape index (κ3) is 3.26. The van der Waals surface area contributed by atoms with Crippen LogP contribution in [0.4, 0.5) is 0 Å². The van der Waals surface area contributed by atoms with Gasteiger partial charge in [0, 0.05) is 13.1 Å². The molecule has 22 heavy (non-hydrogen) atoms. The molecule has 5 nitrogen and oxygen atoms in total. The van der Waals surface area contributed by atoms with Crippen LogP contribution in [0.15, 0.2) is 33.4 Å². The standard InChI is InChI=1S/C15H20N2O3S2/c1-11-4-5-12-9-17(10-13(12)7-11)14(18)8-16-22(19,20)15-3-2-6-21-15/h2-4,6,12-13,16H,5,7-10H2,1H3/t12-,13+/m1/s1. The summed E-state index contributed by atoms with van der Waals surface area (Å²) in [5.74, 6) is 0.927. The number of hydrogen-bond donors (Lipinski definition) is 1. The topological polar surface area (TPSA) is 66.5 Å². The lowest BCUT2D eigenvalue weighted by Crippen LogP contribution is -2.39. The Hall–Kier alpha value is -1.18. The molecular weight excluding hydrogens is 320 g/mol. The first kappa shape index (κ1) is 15.7. The number of carbonyl (C=O) groups is 1. The van der Waals surface area contributed by atoms with E-state index in [4.69, 9.17) is 0 Å². The number of thiophene rings is 1.